The van der Waals surface area contributed by atoms with E-state index in [9.17, 15) is 0 Å². The van der Waals surface area contributed by atoms with E-state index < -0.39 is 0 Å². The Hall–Kier alpha value is -1.45. The van der Waals surface area contributed by atoms with Crippen LogP contribution < -0.4 is 5.32 Å². The van der Waals surface area contributed by atoms with Crippen LogP contribution in [0.4, 0.5) is 0 Å². The van der Waals surface area contributed by atoms with Gasteiger partial charge in [-0.05, 0) is 43.9 Å². The maximum atomic E-state index is 5.76. The molecule has 2 unspecified atom stereocenters. The fourth-order valence-electron chi connectivity index (χ4n) is 3.25. The molecule has 21 heavy (non-hydrogen) atoms. The van der Waals surface area contributed by atoms with Crippen molar-refractivity contribution in [1.82, 2.24) is 10.3 Å². The van der Waals surface area contributed by atoms with E-state index in [1.165, 1.54) is 23.8 Å². The Bertz CT molecular complexity index is 573. The van der Waals surface area contributed by atoms with Crippen LogP contribution in [0.25, 0.3) is 10.9 Å². The summed E-state index contributed by atoms with van der Waals surface area (Å²) in [5.74, 6) is 0. The van der Waals surface area contributed by atoms with Crippen LogP contribution in [-0.2, 0) is 4.74 Å². The average Bonchev–Trinajstić information content (AvgIpc) is 3.04. The van der Waals surface area contributed by atoms with Gasteiger partial charge in [0.15, 0.2) is 0 Å². The largest absolute Gasteiger partial charge is 0.378 e. The van der Waals surface area contributed by atoms with E-state index in [1.807, 2.05) is 12.3 Å². The molecule has 1 aliphatic heterocycles. The summed E-state index contributed by atoms with van der Waals surface area (Å²) in [4.78, 5) is 4.59. The van der Waals surface area contributed by atoms with Crippen molar-refractivity contribution in [2.75, 3.05) is 13.2 Å². The molecule has 1 saturated heterocycles. The monoisotopic (exact) mass is 284 g/mol. The molecule has 1 aliphatic rings. The normalized spacial score (nSPS) is 20.0. The predicted molar refractivity (Wildman–Crippen MR) is 86.4 cm³/mol. The van der Waals surface area contributed by atoms with Gasteiger partial charge >= 0.3 is 0 Å². The zero-order valence-electron chi connectivity index (χ0n) is 12.7. The first-order valence-corrected chi connectivity index (χ1v) is 8.07. The second kappa shape index (κ2) is 7.01. The molecule has 1 aromatic carbocycles. The molecule has 0 amide bonds. The lowest BCUT2D eigenvalue weighted by Crippen LogP contribution is -2.23. The van der Waals surface area contributed by atoms with E-state index in [2.05, 4.69) is 41.5 Å². The molecule has 1 aromatic heterocycles. The van der Waals surface area contributed by atoms with Gasteiger partial charge in [-0.25, -0.2) is 0 Å². The first kappa shape index (κ1) is 14.5. The van der Waals surface area contributed by atoms with Gasteiger partial charge < -0.3 is 10.1 Å². The Morgan fingerprint density at radius 2 is 2.24 bits per heavy atom. The highest BCUT2D eigenvalue weighted by atomic mass is 16.5. The van der Waals surface area contributed by atoms with E-state index in [-0.39, 0.29) is 0 Å². The van der Waals surface area contributed by atoms with E-state index >= 15 is 0 Å². The summed E-state index contributed by atoms with van der Waals surface area (Å²) >= 11 is 0. The predicted octanol–water partition coefficient (Wildman–Crippen LogP) is 3.84. The van der Waals surface area contributed by atoms with Crippen LogP contribution in [-0.4, -0.2) is 24.2 Å². The maximum absolute atomic E-state index is 5.76. The number of fused-ring (bicyclic) bond motifs is 1. The minimum Gasteiger partial charge on any atom is -0.378 e. The van der Waals surface area contributed by atoms with Crippen molar-refractivity contribution in [2.24, 2.45) is 0 Å². The first-order valence-electron chi connectivity index (χ1n) is 8.07. The van der Waals surface area contributed by atoms with Crippen molar-refractivity contribution >= 4 is 10.9 Å². The molecule has 1 N–H and O–H groups in total. The van der Waals surface area contributed by atoms with Crippen molar-refractivity contribution in [3.05, 3.63) is 42.1 Å². The Morgan fingerprint density at radius 1 is 1.33 bits per heavy atom. The number of nitrogens with one attached hydrogen (secondary N) is 1. The number of nitrogens with zero attached hydrogens (tertiary/aromatic N) is 1. The van der Waals surface area contributed by atoms with Crippen molar-refractivity contribution < 1.29 is 4.74 Å². The Morgan fingerprint density at radius 3 is 3.05 bits per heavy atom. The Balaban J connectivity index is 1.80. The molecule has 112 valence electrons. The first-order chi connectivity index (χ1) is 10.4. The smallest absolute Gasteiger partial charge is 0.0749 e. The fraction of sp³-hybridized carbons (Fsp3) is 0.500. The minimum absolute atomic E-state index is 0.359. The molecule has 0 bridgehead atoms. The molecular formula is C18H24N2O. The molecular weight excluding hydrogens is 260 g/mol. The third-order valence-electron chi connectivity index (χ3n) is 4.29. The standard InChI is InChI=1S/C18H24N2O/c1-2-19-17(11-10-15-8-5-13-21-15)16-9-3-6-14-7-4-12-20-18(14)16/h3-4,6-7,9,12,15,17,19H,2,5,8,10-11,13H2,1H3. The van der Waals surface area contributed by atoms with Gasteiger partial charge in [0, 0.05) is 24.2 Å². The van der Waals surface area contributed by atoms with E-state index in [4.69, 9.17) is 4.74 Å². The summed E-state index contributed by atoms with van der Waals surface area (Å²) in [7, 11) is 0. The third kappa shape index (κ3) is 3.42. The van der Waals surface area contributed by atoms with Crippen LogP contribution >= 0.6 is 0 Å². The molecule has 3 rings (SSSR count). The Kier molecular flexibility index (Phi) is 4.84. The van der Waals surface area contributed by atoms with Crippen LogP contribution in [0.2, 0.25) is 0 Å². The van der Waals surface area contributed by atoms with Crippen molar-refractivity contribution in [2.45, 2.75) is 44.8 Å². The van der Waals surface area contributed by atoms with Gasteiger partial charge in [-0.2, -0.15) is 0 Å². The number of pyridine rings is 1. The zero-order valence-corrected chi connectivity index (χ0v) is 12.7. The van der Waals surface area contributed by atoms with E-state index in [0.717, 1.165) is 31.5 Å². The van der Waals surface area contributed by atoms with Gasteiger partial charge in [-0.1, -0.05) is 31.2 Å². The van der Waals surface area contributed by atoms with Crippen molar-refractivity contribution in [3.8, 4) is 0 Å². The number of aromatic nitrogens is 1. The molecule has 3 heteroatoms. The number of benzene rings is 1. The van der Waals surface area contributed by atoms with Gasteiger partial charge in [0.2, 0.25) is 0 Å². The summed E-state index contributed by atoms with van der Waals surface area (Å²) in [5, 5.41) is 4.84. The SMILES string of the molecule is CCNC(CCC1CCCO1)c1cccc2cccnc12. The quantitative estimate of drug-likeness (QED) is 0.875. The van der Waals surface area contributed by atoms with Crippen LogP contribution in [0.1, 0.15) is 44.2 Å². The molecule has 3 nitrogen and oxygen atoms in total. The third-order valence-corrected chi connectivity index (χ3v) is 4.29. The van der Waals surface area contributed by atoms with Crippen LogP contribution in [0.15, 0.2) is 36.5 Å². The average molecular weight is 284 g/mol. The van der Waals surface area contributed by atoms with Gasteiger partial charge in [-0.3, -0.25) is 4.98 Å². The molecule has 1 fully saturated rings. The van der Waals surface area contributed by atoms with Gasteiger partial charge in [-0.15, -0.1) is 0 Å². The molecule has 0 saturated carbocycles. The number of para-hydroxylation sites is 1. The number of rotatable bonds is 6. The number of ether oxygens (including phenoxy) is 1. The summed E-state index contributed by atoms with van der Waals surface area (Å²) in [6.07, 6.45) is 7.00. The summed E-state index contributed by atoms with van der Waals surface area (Å²) < 4.78 is 5.76. The topological polar surface area (TPSA) is 34.1 Å². The van der Waals surface area contributed by atoms with Gasteiger partial charge in [0.05, 0.1) is 11.6 Å². The van der Waals surface area contributed by atoms with Crippen LogP contribution in [0, 0.1) is 0 Å². The highest BCUT2D eigenvalue weighted by molar-refractivity contribution is 5.81. The van der Waals surface area contributed by atoms with Crippen LogP contribution in [0.3, 0.4) is 0 Å². The number of hydrogen-bond donors (Lipinski definition) is 1. The summed E-state index contributed by atoms with van der Waals surface area (Å²) in [6, 6.07) is 11.0. The van der Waals surface area contributed by atoms with E-state index in [0.29, 0.717) is 12.1 Å². The molecule has 2 heterocycles. The second-order valence-electron chi connectivity index (χ2n) is 5.75. The van der Waals surface area contributed by atoms with Crippen LogP contribution in [0.5, 0.6) is 0 Å². The molecule has 0 spiro atoms. The van der Waals surface area contributed by atoms with Gasteiger partial charge in [0.1, 0.15) is 0 Å². The highest BCUT2D eigenvalue weighted by Gasteiger charge is 2.19. The molecule has 0 aliphatic carbocycles. The van der Waals surface area contributed by atoms with E-state index in [1.54, 1.807) is 0 Å². The highest BCUT2D eigenvalue weighted by Crippen LogP contribution is 2.28. The zero-order chi connectivity index (χ0) is 14.5. The summed E-state index contributed by atoms with van der Waals surface area (Å²) in [5.41, 5.74) is 2.44. The maximum Gasteiger partial charge on any atom is 0.0749 e. The summed E-state index contributed by atoms with van der Waals surface area (Å²) in [6.45, 7) is 4.07. The lowest BCUT2D eigenvalue weighted by molar-refractivity contribution is 0.0997. The second-order valence-corrected chi connectivity index (χ2v) is 5.75. The fourth-order valence-corrected chi connectivity index (χ4v) is 3.25. The van der Waals surface area contributed by atoms with Crippen molar-refractivity contribution in [3.63, 3.8) is 0 Å². The molecule has 0 radical (unpaired) electrons. The van der Waals surface area contributed by atoms with Gasteiger partial charge in [0.25, 0.3) is 0 Å². The lowest BCUT2D eigenvalue weighted by Gasteiger charge is -2.21. The number of hydrogen-bond acceptors (Lipinski definition) is 3. The van der Waals surface area contributed by atoms with Crippen molar-refractivity contribution in [1.29, 1.82) is 0 Å². The minimum atomic E-state index is 0.359. The Labute approximate surface area is 126 Å². The molecule has 2 atom stereocenters. The molecule has 2 aromatic rings. The lowest BCUT2D eigenvalue weighted by atomic mass is 9.97.